The van der Waals surface area contributed by atoms with E-state index in [1.54, 1.807) is 0 Å². The second-order valence-corrected chi connectivity index (χ2v) is 4.74. The normalized spacial score (nSPS) is 22.8. The lowest BCUT2D eigenvalue weighted by molar-refractivity contribution is -0.134. The number of carbonyl (C=O) groups excluding carboxylic acids is 1. The molecule has 1 rings (SSSR count). The van der Waals surface area contributed by atoms with Gasteiger partial charge in [0.15, 0.2) is 0 Å². The van der Waals surface area contributed by atoms with Crippen LogP contribution in [0.25, 0.3) is 0 Å². The zero-order valence-corrected chi connectivity index (χ0v) is 10.3. The van der Waals surface area contributed by atoms with Crippen LogP contribution in [0.4, 0.5) is 0 Å². The first-order chi connectivity index (χ1) is 7.07. The van der Waals surface area contributed by atoms with Crippen molar-refractivity contribution in [1.82, 2.24) is 4.90 Å². The number of hydrogen-bond donors (Lipinski definition) is 1. The second kappa shape index (κ2) is 5.45. The Kier molecular flexibility index (Phi) is 4.51. The van der Waals surface area contributed by atoms with E-state index in [1.165, 1.54) is 0 Å². The summed E-state index contributed by atoms with van der Waals surface area (Å²) in [5.41, 5.74) is 5.62. The highest BCUT2D eigenvalue weighted by atomic mass is 32.1. The fraction of sp³-hybridized carbons (Fsp3) is 0.818. The summed E-state index contributed by atoms with van der Waals surface area (Å²) in [5.74, 6) is -0.111. The van der Waals surface area contributed by atoms with Gasteiger partial charge in [-0.3, -0.25) is 4.79 Å². The molecular formula is C11H20N2OS. The van der Waals surface area contributed by atoms with Crippen molar-refractivity contribution in [2.24, 2.45) is 11.7 Å². The summed E-state index contributed by atoms with van der Waals surface area (Å²) in [7, 11) is 0. The minimum Gasteiger partial charge on any atom is -0.393 e. The summed E-state index contributed by atoms with van der Waals surface area (Å²) in [6, 6.07) is 0.353. The Bertz CT molecular complexity index is 255. The first-order valence-electron chi connectivity index (χ1n) is 5.67. The molecule has 0 aliphatic carbocycles. The molecular weight excluding hydrogens is 208 g/mol. The molecule has 0 aromatic carbocycles. The Hall–Kier alpha value is -0.640. The second-order valence-electron chi connectivity index (χ2n) is 4.27. The maximum atomic E-state index is 12.1. The summed E-state index contributed by atoms with van der Waals surface area (Å²) in [4.78, 5) is 14.4. The van der Waals surface area contributed by atoms with Crippen molar-refractivity contribution in [2.45, 2.75) is 45.6 Å². The Morgan fingerprint density at radius 2 is 2.33 bits per heavy atom. The monoisotopic (exact) mass is 228 g/mol. The standard InChI is InChI=1S/C11H20N2OS/c1-3-5-9(10(12)15)11(14)13-7-4-6-8(13)2/h8-9H,3-7H2,1-2H3,(H2,12,15). The van der Waals surface area contributed by atoms with Gasteiger partial charge < -0.3 is 10.6 Å². The fourth-order valence-electron chi connectivity index (χ4n) is 2.14. The van der Waals surface area contributed by atoms with Crippen molar-refractivity contribution >= 4 is 23.1 Å². The molecule has 0 spiro atoms. The summed E-state index contributed by atoms with van der Waals surface area (Å²) in [6.07, 6.45) is 3.92. The van der Waals surface area contributed by atoms with Crippen molar-refractivity contribution in [3.8, 4) is 0 Å². The van der Waals surface area contributed by atoms with E-state index in [9.17, 15) is 4.79 Å². The molecule has 15 heavy (non-hydrogen) atoms. The molecule has 86 valence electrons. The van der Waals surface area contributed by atoms with Crippen LogP contribution >= 0.6 is 12.2 Å². The highest BCUT2D eigenvalue weighted by molar-refractivity contribution is 7.80. The molecule has 1 amide bonds. The highest BCUT2D eigenvalue weighted by Gasteiger charge is 2.31. The molecule has 0 aromatic rings. The summed E-state index contributed by atoms with van der Waals surface area (Å²) in [6.45, 7) is 5.00. The van der Waals surface area contributed by atoms with E-state index in [0.717, 1.165) is 32.2 Å². The maximum absolute atomic E-state index is 12.1. The SMILES string of the molecule is CCCC(C(=O)N1CCCC1C)C(N)=S. The fourth-order valence-corrected chi connectivity index (χ4v) is 2.36. The van der Waals surface area contributed by atoms with E-state index in [4.69, 9.17) is 18.0 Å². The smallest absolute Gasteiger partial charge is 0.232 e. The number of nitrogens with zero attached hydrogens (tertiary/aromatic N) is 1. The van der Waals surface area contributed by atoms with Crippen molar-refractivity contribution in [3.05, 3.63) is 0 Å². The van der Waals surface area contributed by atoms with Crippen molar-refractivity contribution in [3.63, 3.8) is 0 Å². The first kappa shape index (κ1) is 12.4. The lowest BCUT2D eigenvalue weighted by Crippen LogP contribution is -2.42. The average Bonchev–Trinajstić information content (AvgIpc) is 2.59. The molecule has 1 fully saturated rings. The minimum atomic E-state index is -0.245. The molecule has 0 saturated carbocycles. The van der Waals surface area contributed by atoms with Crippen LogP contribution in [0.15, 0.2) is 0 Å². The Balaban J connectivity index is 2.66. The third-order valence-corrected chi connectivity index (χ3v) is 3.34. The van der Waals surface area contributed by atoms with Crippen molar-refractivity contribution in [1.29, 1.82) is 0 Å². The number of nitrogens with two attached hydrogens (primary N) is 1. The number of likely N-dealkylation sites (tertiary alicyclic amines) is 1. The number of carbonyl (C=O) groups is 1. The predicted molar refractivity (Wildman–Crippen MR) is 65.6 cm³/mol. The third-order valence-electron chi connectivity index (χ3n) is 3.05. The lowest BCUT2D eigenvalue weighted by atomic mass is 10.0. The van der Waals surface area contributed by atoms with Gasteiger partial charge in [-0.25, -0.2) is 0 Å². The van der Waals surface area contributed by atoms with Gasteiger partial charge in [0.25, 0.3) is 0 Å². The van der Waals surface area contributed by atoms with E-state index >= 15 is 0 Å². The maximum Gasteiger partial charge on any atom is 0.232 e. The summed E-state index contributed by atoms with van der Waals surface area (Å²) in [5, 5.41) is 0. The molecule has 0 aromatic heterocycles. The van der Waals surface area contributed by atoms with Gasteiger partial charge >= 0.3 is 0 Å². The molecule has 2 atom stereocenters. The van der Waals surface area contributed by atoms with Crippen LogP contribution in [0, 0.1) is 5.92 Å². The van der Waals surface area contributed by atoms with E-state index in [2.05, 4.69) is 6.92 Å². The van der Waals surface area contributed by atoms with Crippen LogP contribution in [-0.2, 0) is 4.79 Å². The number of amides is 1. The Morgan fingerprint density at radius 3 is 2.73 bits per heavy atom. The van der Waals surface area contributed by atoms with Crippen LogP contribution in [-0.4, -0.2) is 28.4 Å². The number of hydrogen-bond acceptors (Lipinski definition) is 2. The van der Waals surface area contributed by atoms with Gasteiger partial charge in [-0.2, -0.15) is 0 Å². The van der Waals surface area contributed by atoms with E-state index in [0.29, 0.717) is 11.0 Å². The molecule has 1 aliphatic heterocycles. The molecule has 3 nitrogen and oxygen atoms in total. The molecule has 1 aliphatic rings. The lowest BCUT2D eigenvalue weighted by Gasteiger charge is -2.26. The van der Waals surface area contributed by atoms with Gasteiger partial charge in [-0.15, -0.1) is 0 Å². The van der Waals surface area contributed by atoms with Gasteiger partial charge in [0.1, 0.15) is 0 Å². The van der Waals surface area contributed by atoms with Gasteiger partial charge in [0.05, 0.1) is 10.9 Å². The van der Waals surface area contributed by atoms with Crippen molar-refractivity contribution < 1.29 is 4.79 Å². The predicted octanol–water partition coefficient (Wildman–Crippen LogP) is 1.70. The van der Waals surface area contributed by atoms with Crippen molar-refractivity contribution in [2.75, 3.05) is 6.54 Å². The molecule has 2 unspecified atom stereocenters. The van der Waals surface area contributed by atoms with E-state index < -0.39 is 0 Å². The Labute approximate surface area is 97.0 Å². The highest BCUT2D eigenvalue weighted by Crippen LogP contribution is 2.21. The molecule has 0 radical (unpaired) electrons. The summed E-state index contributed by atoms with van der Waals surface area (Å²) >= 11 is 4.96. The van der Waals surface area contributed by atoms with E-state index in [1.807, 2.05) is 11.8 Å². The number of rotatable bonds is 4. The minimum absolute atomic E-state index is 0.134. The van der Waals surface area contributed by atoms with Crippen LogP contribution < -0.4 is 5.73 Å². The Morgan fingerprint density at radius 1 is 1.67 bits per heavy atom. The topological polar surface area (TPSA) is 46.3 Å². The van der Waals surface area contributed by atoms with Crippen LogP contribution in [0.5, 0.6) is 0 Å². The van der Waals surface area contributed by atoms with E-state index in [-0.39, 0.29) is 11.8 Å². The van der Waals surface area contributed by atoms with Crippen LogP contribution in [0.3, 0.4) is 0 Å². The van der Waals surface area contributed by atoms with Crippen LogP contribution in [0.1, 0.15) is 39.5 Å². The average molecular weight is 228 g/mol. The molecule has 4 heteroatoms. The van der Waals surface area contributed by atoms with Gasteiger partial charge in [0, 0.05) is 12.6 Å². The molecule has 0 bridgehead atoms. The quantitative estimate of drug-likeness (QED) is 0.745. The zero-order chi connectivity index (χ0) is 11.4. The number of thiocarbonyl (C=S) groups is 1. The first-order valence-corrected chi connectivity index (χ1v) is 6.08. The largest absolute Gasteiger partial charge is 0.393 e. The van der Waals surface area contributed by atoms with Crippen LogP contribution in [0.2, 0.25) is 0 Å². The van der Waals surface area contributed by atoms with Gasteiger partial charge in [-0.05, 0) is 26.2 Å². The zero-order valence-electron chi connectivity index (χ0n) is 9.53. The molecule has 2 N–H and O–H groups in total. The van der Waals surface area contributed by atoms with Gasteiger partial charge in [-0.1, -0.05) is 25.6 Å². The third kappa shape index (κ3) is 2.91. The molecule has 1 heterocycles. The molecule has 1 saturated heterocycles. The summed E-state index contributed by atoms with van der Waals surface area (Å²) < 4.78 is 0. The van der Waals surface area contributed by atoms with Gasteiger partial charge in [0.2, 0.25) is 5.91 Å².